The van der Waals surface area contributed by atoms with Crippen LogP contribution in [0.5, 0.6) is 0 Å². The van der Waals surface area contributed by atoms with E-state index < -0.39 is 10.0 Å². The zero-order valence-corrected chi connectivity index (χ0v) is 14.9. The van der Waals surface area contributed by atoms with Crippen molar-refractivity contribution in [3.05, 3.63) is 29.3 Å². The average molecular weight is 368 g/mol. The van der Waals surface area contributed by atoms with Gasteiger partial charge in [0.2, 0.25) is 15.9 Å². The van der Waals surface area contributed by atoms with Crippen LogP contribution in [-0.2, 0) is 32.5 Å². The zero-order chi connectivity index (χ0) is 17.9. The molecule has 0 spiro atoms. The molecule has 2 N–H and O–H groups in total. The van der Waals surface area contributed by atoms with Gasteiger partial charge in [-0.3, -0.25) is 4.79 Å². The van der Waals surface area contributed by atoms with Crippen molar-refractivity contribution in [3.8, 4) is 0 Å². The normalized spacial score (nSPS) is 20.5. The molecule has 0 aromatic heterocycles. The van der Waals surface area contributed by atoms with E-state index in [0.717, 1.165) is 24.0 Å². The second-order valence-electron chi connectivity index (χ2n) is 6.46. The second-order valence-corrected chi connectivity index (χ2v) is 8.22. The molecular weight excluding hydrogens is 344 g/mol. The third-order valence-corrected chi connectivity index (χ3v) is 6.12. The number of hydrogen-bond acceptors (Lipinski definition) is 5. The van der Waals surface area contributed by atoms with Gasteiger partial charge in [-0.05, 0) is 42.5 Å². The summed E-state index contributed by atoms with van der Waals surface area (Å²) in [6.45, 7) is 1.76. The molecular formula is C17H24N2O5S. The van der Waals surface area contributed by atoms with E-state index in [0.29, 0.717) is 26.1 Å². The highest BCUT2D eigenvalue weighted by atomic mass is 32.2. The molecule has 7 nitrogen and oxygen atoms in total. The molecule has 0 radical (unpaired) electrons. The number of aliphatic hydroxyl groups excluding tert-OH is 1. The van der Waals surface area contributed by atoms with Crippen molar-refractivity contribution in [2.75, 3.05) is 26.3 Å². The van der Waals surface area contributed by atoms with Crippen molar-refractivity contribution in [1.82, 2.24) is 9.62 Å². The quantitative estimate of drug-likeness (QED) is 0.758. The number of benzene rings is 1. The highest BCUT2D eigenvalue weighted by molar-refractivity contribution is 7.89. The Bertz CT molecular complexity index is 729. The molecule has 1 saturated heterocycles. The molecule has 0 saturated carbocycles. The van der Waals surface area contributed by atoms with Crippen LogP contribution >= 0.6 is 0 Å². The van der Waals surface area contributed by atoms with Crippen molar-refractivity contribution >= 4 is 15.9 Å². The summed E-state index contributed by atoms with van der Waals surface area (Å²) in [5.41, 5.74) is 1.91. The Balaban J connectivity index is 1.71. The SMILES string of the molecule is O=C(CCO)N1CCc2ccc(S(=O)(=O)NC[C@H]3CCCO3)cc2C1. The molecule has 1 amide bonds. The monoisotopic (exact) mass is 368 g/mol. The highest BCUT2D eigenvalue weighted by Gasteiger charge is 2.24. The standard InChI is InChI=1S/C17H24N2O5S/c20-8-6-17(21)19-7-5-13-3-4-16(10-14(13)12-19)25(22,23)18-11-15-2-1-9-24-15/h3-4,10,15,18,20H,1-2,5-9,11-12H2/t15-/m1/s1. The van der Waals surface area contributed by atoms with Gasteiger partial charge in [0.1, 0.15) is 0 Å². The Labute approximate surface area is 148 Å². The number of amides is 1. The minimum atomic E-state index is -3.60. The number of carbonyl (C=O) groups excluding carboxylic acids is 1. The third-order valence-electron chi connectivity index (χ3n) is 4.70. The molecule has 8 heteroatoms. The van der Waals surface area contributed by atoms with Crippen LogP contribution in [0.1, 0.15) is 30.4 Å². The molecule has 2 heterocycles. The maximum absolute atomic E-state index is 12.5. The maximum atomic E-state index is 12.5. The zero-order valence-electron chi connectivity index (χ0n) is 14.1. The van der Waals surface area contributed by atoms with Gasteiger partial charge in [0, 0.05) is 32.7 Å². The molecule has 1 fully saturated rings. The van der Waals surface area contributed by atoms with Gasteiger partial charge in [0.15, 0.2) is 0 Å². The van der Waals surface area contributed by atoms with E-state index in [4.69, 9.17) is 9.84 Å². The number of aliphatic hydroxyl groups is 1. The highest BCUT2D eigenvalue weighted by Crippen LogP contribution is 2.23. The largest absolute Gasteiger partial charge is 0.396 e. The second kappa shape index (κ2) is 7.82. The van der Waals surface area contributed by atoms with E-state index in [-0.39, 0.29) is 36.5 Å². The summed E-state index contributed by atoms with van der Waals surface area (Å²) in [5.74, 6) is -0.113. The summed E-state index contributed by atoms with van der Waals surface area (Å²) in [5, 5.41) is 8.92. The number of fused-ring (bicyclic) bond motifs is 1. The van der Waals surface area contributed by atoms with Crippen molar-refractivity contribution in [2.45, 2.75) is 43.2 Å². The number of hydrogen-bond donors (Lipinski definition) is 2. The van der Waals surface area contributed by atoms with Crippen molar-refractivity contribution in [2.24, 2.45) is 0 Å². The van der Waals surface area contributed by atoms with E-state index >= 15 is 0 Å². The number of nitrogens with one attached hydrogen (secondary N) is 1. The Morgan fingerprint density at radius 2 is 2.20 bits per heavy atom. The van der Waals surface area contributed by atoms with Gasteiger partial charge in [-0.1, -0.05) is 6.07 Å². The predicted octanol–water partition coefficient (Wildman–Crippen LogP) is 0.411. The third kappa shape index (κ3) is 4.38. The molecule has 25 heavy (non-hydrogen) atoms. The molecule has 0 aliphatic carbocycles. The van der Waals surface area contributed by atoms with E-state index in [9.17, 15) is 13.2 Å². The molecule has 0 unspecified atom stereocenters. The first-order chi connectivity index (χ1) is 12.0. The molecule has 2 aliphatic heterocycles. The van der Waals surface area contributed by atoms with Crippen LogP contribution in [0.2, 0.25) is 0 Å². The van der Waals surface area contributed by atoms with Crippen molar-refractivity contribution < 1.29 is 23.1 Å². The summed E-state index contributed by atoms with van der Waals surface area (Å²) in [6, 6.07) is 5.08. The summed E-state index contributed by atoms with van der Waals surface area (Å²) >= 11 is 0. The summed E-state index contributed by atoms with van der Waals surface area (Å²) in [4.78, 5) is 13.8. The molecule has 138 valence electrons. The van der Waals surface area contributed by atoms with Crippen LogP contribution < -0.4 is 4.72 Å². The van der Waals surface area contributed by atoms with Crippen LogP contribution in [0.3, 0.4) is 0 Å². The summed E-state index contributed by atoms with van der Waals surface area (Å²) in [6.07, 6.45) is 2.56. The maximum Gasteiger partial charge on any atom is 0.240 e. The number of nitrogens with zero attached hydrogens (tertiary/aromatic N) is 1. The van der Waals surface area contributed by atoms with Crippen molar-refractivity contribution in [1.29, 1.82) is 0 Å². The Kier molecular flexibility index (Phi) is 5.73. The first-order valence-corrected chi connectivity index (χ1v) is 10.1. The van der Waals surface area contributed by atoms with Crippen LogP contribution in [0.4, 0.5) is 0 Å². The molecule has 2 aliphatic rings. The van der Waals surface area contributed by atoms with Gasteiger partial charge in [-0.25, -0.2) is 13.1 Å². The first kappa shape index (κ1) is 18.3. The lowest BCUT2D eigenvalue weighted by Gasteiger charge is -2.29. The first-order valence-electron chi connectivity index (χ1n) is 8.61. The molecule has 1 atom stereocenters. The fourth-order valence-corrected chi connectivity index (χ4v) is 4.38. The number of sulfonamides is 1. The molecule has 1 aromatic carbocycles. The molecule has 0 bridgehead atoms. The fourth-order valence-electron chi connectivity index (χ4n) is 3.26. The van der Waals surface area contributed by atoms with Gasteiger partial charge < -0.3 is 14.7 Å². The number of carbonyl (C=O) groups is 1. The predicted molar refractivity (Wildman–Crippen MR) is 91.4 cm³/mol. The van der Waals surface area contributed by atoms with Gasteiger partial charge in [0.05, 0.1) is 17.6 Å². The Morgan fingerprint density at radius 1 is 1.36 bits per heavy atom. The average Bonchev–Trinajstić information content (AvgIpc) is 3.13. The van der Waals surface area contributed by atoms with Crippen molar-refractivity contribution in [3.63, 3.8) is 0 Å². The minimum Gasteiger partial charge on any atom is -0.396 e. The van der Waals surface area contributed by atoms with Gasteiger partial charge >= 0.3 is 0 Å². The lowest BCUT2D eigenvalue weighted by molar-refractivity contribution is -0.132. The molecule has 3 rings (SSSR count). The smallest absolute Gasteiger partial charge is 0.240 e. The van der Waals surface area contributed by atoms with Gasteiger partial charge in [-0.2, -0.15) is 0 Å². The van der Waals surface area contributed by atoms with E-state index in [1.807, 2.05) is 6.07 Å². The number of rotatable bonds is 6. The minimum absolute atomic E-state index is 0.0565. The fraction of sp³-hybridized carbons (Fsp3) is 0.588. The Morgan fingerprint density at radius 3 is 2.92 bits per heavy atom. The molecule has 1 aromatic rings. The number of ether oxygens (including phenoxy) is 1. The summed E-state index contributed by atoms with van der Waals surface area (Å²) in [7, 11) is -3.60. The van der Waals surface area contributed by atoms with Crippen LogP contribution in [0.15, 0.2) is 23.1 Å². The Hall–Kier alpha value is -1.48. The van der Waals surface area contributed by atoms with Gasteiger partial charge in [-0.15, -0.1) is 0 Å². The summed E-state index contributed by atoms with van der Waals surface area (Å²) < 4.78 is 33.1. The van der Waals surface area contributed by atoms with E-state index in [1.165, 1.54) is 0 Å². The van der Waals surface area contributed by atoms with E-state index in [1.54, 1.807) is 17.0 Å². The lowest BCUT2D eigenvalue weighted by atomic mass is 10.00. The lowest BCUT2D eigenvalue weighted by Crippen LogP contribution is -2.36. The van der Waals surface area contributed by atoms with Crippen LogP contribution in [-0.4, -0.2) is 56.7 Å². The van der Waals surface area contributed by atoms with Crippen LogP contribution in [0.25, 0.3) is 0 Å². The topological polar surface area (TPSA) is 95.9 Å². The van der Waals surface area contributed by atoms with Crippen LogP contribution in [0, 0.1) is 0 Å². The van der Waals surface area contributed by atoms with E-state index in [2.05, 4.69) is 4.72 Å². The van der Waals surface area contributed by atoms with Gasteiger partial charge in [0.25, 0.3) is 0 Å².